The van der Waals surface area contributed by atoms with Gasteiger partial charge in [-0.1, -0.05) is 19.3 Å². The van der Waals surface area contributed by atoms with E-state index in [1.54, 1.807) is 0 Å². The Morgan fingerprint density at radius 3 is 2.21 bits per heavy atom. The summed E-state index contributed by atoms with van der Waals surface area (Å²) >= 11 is 0. The predicted octanol–water partition coefficient (Wildman–Crippen LogP) is 2.20. The van der Waals surface area contributed by atoms with Crippen molar-refractivity contribution in [3.8, 4) is 0 Å². The van der Waals surface area contributed by atoms with Gasteiger partial charge in [-0.2, -0.15) is 0 Å². The van der Waals surface area contributed by atoms with Crippen LogP contribution in [0.15, 0.2) is 0 Å². The first kappa shape index (κ1) is 10.4. The van der Waals surface area contributed by atoms with Crippen molar-refractivity contribution in [1.82, 2.24) is 0 Å². The zero-order chi connectivity index (χ0) is 10.1. The molecule has 0 aliphatic heterocycles. The Morgan fingerprint density at radius 1 is 0.929 bits per heavy atom. The summed E-state index contributed by atoms with van der Waals surface area (Å²) in [6.45, 7) is 0.637. The van der Waals surface area contributed by atoms with E-state index in [1.807, 2.05) is 0 Å². The minimum absolute atomic E-state index is 0.255. The number of aliphatic hydroxyl groups is 1. The summed E-state index contributed by atoms with van der Waals surface area (Å²) < 4.78 is 0. The second-order valence-electron chi connectivity index (χ2n) is 5.26. The molecule has 0 bridgehead atoms. The van der Waals surface area contributed by atoms with Crippen LogP contribution in [0.2, 0.25) is 0 Å². The highest BCUT2D eigenvalue weighted by Gasteiger charge is 2.52. The molecule has 2 fully saturated rings. The lowest BCUT2D eigenvalue weighted by Gasteiger charge is -2.45. The predicted molar refractivity (Wildman–Crippen MR) is 58.0 cm³/mol. The van der Waals surface area contributed by atoms with Crippen LogP contribution >= 0.6 is 0 Å². The van der Waals surface area contributed by atoms with E-state index in [-0.39, 0.29) is 5.41 Å². The van der Waals surface area contributed by atoms with Crippen LogP contribution in [0.1, 0.15) is 57.8 Å². The molecule has 2 aliphatic carbocycles. The fraction of sp³-hybridized carbons (Fsp3) is 1.00. The van der Waals surface area contributed by atoms with Crippen molar-refractivity contribution >= 4 is 0 Å². The summed E-state index contributed by atoms with van der Waals surface area (Å²) in [5.41, 5.74) is 5.46. The van der Waals surface area contributed by atoms with Crippen molar-refractivity contribution in [2.75, 3.05) is 6.54 Å². The normalized spacial score (nSPS) is 36.4. The minimum atomic E-state index is -0.415. The highest BCUT2D eigenvalue weighted by molar-refractivity contribution is 5.04. The molecule has 2 saturated carbocycles. The molecule has 0 amide bonds. The Hall–Kier alpha value is -0.0800. The van der Waals surface area contributed by atoms with Gasteiger partial charge in [0.1, 0.15) is 0 Å². The average Bonchev–Trinajstić information content (AvgIpc) is 2.46. The third kappa shape index (κ3) is 1.49. The maximum Gasteiger partial charge on any atom is 0.0715 e. The Balaban J connectivity index is 2.14. The molecule has 14 heavy (non-hydrogen) atoms. The summed E-state index contributed by atoms with van der Waals surface area (Å²) in [6, 6.07) is 0. The number of hydrogen-bond donors (Lipinski definition) is 2. The molecule has 2 aliphatic rings. The fourth-order valence-electron chi connectivity index (χ4n) is 3.79. The monoisotopic (exact) mass is 197 g/mol. The molecule has 0 aromatic heterocycles. The number of rotatable bonds is 2. The van der Waals surface area contributed by atoms with Gasteiger partial charge in [0, 0.05) is 0 Å². The van der Waals surface area contributed by atoms with Crippen LogP contribution in [0.4, 0.5) is 0 Å². The fourth-order valence-corrected chi connectivity index (χ4v) is 3.79. The van der Waals surface area contributed by atoms with Crippen molar-refractivity contribution in [2.45, 2.75) is 63.4 Å². The first-order valence-corrected chi connectivity index (χ1v) is 6.15. The average molecular weight is 197 g/mol. The molecule has 0 aromatic carbocycles. The van der Waals surface area contributed by atoms with Crippen molar-refractivity contribution < 1.29 is 5.11 Å². The van der Waals surface area contributed by atoms with E-state index in [2.05, 4.69) is 0 Å². The molecule has 1 atom stereocenters. The van der Waals surface area contributed by atoms with Crippen LogP contribution in [-0.2, 0) is 0 Å². The van der Waals surface area contributed by atoms with Gasteiger partial charge >= 0.3 is 0 Å². The van der Waals surface area contributed by atoms with E-state index in [0.717, 1.165) is 12.8 Å². The summed E-state index contributed by atoms with van der Waals surface area (Å²) in [7, 11) is 0. The van der Waals surface area contributed by atoms with E-state index in [1.165, 1.54) is 44.9 Å². The molecular formula is C12H23NO. The second-order valence-corrected chi connectivity index (χ2v) is 5.26. The van der Waals surface area contributed by atoms with Crippen molar-refractivity contribution in [3.05, 3.63) is 0 Å². The zero-order valence-electron chi connectivity index (χ0n) is 9.10. The number of nitrogens with two attached hydrogens (primary N) is 1. The molecule has 1 spiro atoms. The van der Waals surface area contributed by atoms with Crippen molar-refractivity contribution in [2.24, 2.45) is 11.1 Å². The minimum Gasteiger partial charge on any atom is -0.389 e. The van der Waals surface area contributed by atoms with Gasteiger partial charge in [0.05, 0.1) is 5.60 Å². The zero-order valence-corrected chi connectivity index (χ0v) is 9.10. The lowest BCUT2D eigenvalue weighted by atomic mass is 9.64. The third-order valence-corrected chi connectivity index (χ3v) is 4.60. The Bertz CT molecular complexity index is 198. The highest BCUT2D eigenvalue weighted by Crippen LogP contribution is 2.56. The molecule has 82 valence electrons. The van der Waals surface area contributed by atoms with Gasteiger partial charge in [-0.05, 0) is 50.5 Å². The van der Waals surface area contributed by atoms with Crippen LogP contribution in [0.25, 0.3) is 0 Å². The summed E-state index contributed by atoms with van der Waals surface area (Å²) in [5, 5.41) is 10.7. The smallest absolute Gasteiger partial charge is 0.0715 e. The van der Waals surface area contributed by atoms with E-state index in [0.29, 0.717) is 6.54 Å². The quantitative estimate of drug-likeness (QED) is 0.713. The van der Waals surface area contributed by atoms with Gasteiger partial charge in [0.15, 0.2) is 0 Å². The molecule has 0 heterocycles. The van der Waals surface area contributed by atoms with Crippen LogP contribution in [0.3, 0.4) is 0 Å². The molecule has 2 heteroatoms. The van der Waals surface area contributed by atoms with Crippen LogP contribution < -0.4 is 5.73 Å². The lowest BCUT2D eigenvalue weighted by molar-refractivity contribution is -0.0842. The van der Waals surface area contributed by atoms with Gasteiger partial charge < -0.3 is 10.8 Å². The van der Waals surface area contributed by atoms with E-state index in [4.69, 9.17) is 5.73 Å². The van der Waals surface area contributed by atoms with E-state index >= 15 is 0 Å². The molecule has 0 radical (unpaired) electrons. The Morgan fingerprint density at radius 2 is 1.57 bits per heavy atom. The maximum absolute atomic E-state index is 10.7. The molecule has 0 saturated heterocycles. The van der Waals surface area contributed by atoms with E-state index in [9.17, 15) is 5.11 Å². The van der Waals surface area contributed by atoms with Gasteiger partial charge in [0.2, 0.25) is 0 Å². The topological polar surface area (TPSA) is 46.2 Å². The molecule has 0 aromatic rings. The molecule has 1 unspecified atom stereocenters. The SMILES string of the molecule is NCCC1(O)CCCC12CCCCC2. The highest BCUT2D eigenvalue weighted by atomic mass is 16.3. The van der Waals surface area contributed by atoms with Gasteiger partial charge in [0.25, 0.3) is 0 Å². The Kier molecular flexibility index (Phi) is 2.85. The number of hydrogen-bond acceptors (Lipinski definition) is 2. The van der Waals surface area contributed by atoms with E-state index < -0.39 is 5.60 Å². The first-order chi connectivity index (χ1) is 6.72. The largest absolute Gasteiger partial charge is 0.389 e. The first-order valence-electron chi connectivity index (χ1n) is 6.15. The van der Waals surface area contributed by atoms with Crippen LogP contribution in [0.5, 0.6) is 0 Å². The molecule has 2 nitrogen and oxygen atoms in total. The maximum atomic E-state index is 10.7. The van der Waals surface area contributed by atoms with Crippen molar-refractivity contribution in [3.63, 3.8) is 0 Å². The van der Waals surface area contributed by atoms with Crippen molar-refractivity contribution in [1.29, 1.82) is 0 Å². The van der Waals surface area contributed by atoms with Crippen LogP contribution in [0, 0.1) is 5.41 Å². The second kappa shape index (κ2) is 3.82. The summed E-state index contributed by atoms with van der Waals surface area (Å²) in [5.74, 6) is 0. The molecule has 3 N–H and O–H groups in total. The van der Waals surface area contributed by atoms with Gasteiger partial charge in [-0.25, -0.2) is 0 Å². The summed E-state index contributed by atoms with van der Waals surface area (Å²) in [6.07, 6.45) is 10.7. The van der Waals surface area contributed by atoms with Gasteiger partial charge in [-0.15, -0.1) is 0 Å². The van der Waals surface area contributed by atoms with Crippen LogP contribution in [-0.4, -0.2) is 17.3 Å². The lowest BCUT2D eigenvalue weighted by Crippen LogP contribution is -2.46. The summed E-state index contributed by atoms with van der Waals surface area (Å²) in [4.78, 5) is 0. The third-order valence-electron chi connectivity index (χ3n) is 4.60. The molecule has 2 rings (SSSR count). The molecular weight excluding hydrogens is 174 g/mol. The van der Waals surface area contributed by atoms with Gasteiger partial charge in [-0.3, -0.25) is 0 Å². The Labute approximate surface area is 86.9 Å². The standard InChI is InChI=1S/C12H23NO/c13-10-9-12(14)8-4-7-11(12)5-2-1-3-6-11/h14H,1-10,13H2.